The first-order valence-corrected chi connectivity index (χ1v) is 12.8. The molecule has 0 aliphatic carbocycles. The van der Waals surface area contributed by atoms with Crippen LogP contribution in [0.4, 0.5) is 30.2 Å². The lowest BCUT2D eigenvalue weighted by atomic mass is 10.00. The maximum absolute atomic E-state index is 14.0. The van der Waals surface area contributed by atoms with Crippen LogP contribution in [0.25, 0.3) is 5.70 Å². The van der Waals surface area contributed by atoms with Gasteiger partial charge in [0, 0.05) is 74.3 Å². The number of alkyl halides is 3. The number of aryl methyl sites for hydroxylation is 1. The summed E-state index contributed by atoms with van der Waals surface area (Å²) in [5, 5.41) is 6.41. The van der Waals surface area contributed by atoms with Gasteiger partial charge in [0.05, 0.1) is 16.9 Å². The summed E-state index contributed by atoms with van der Waals surface area (Å²) in [7, 11) is 3.83. The lowest BCUT2D eigenvalue weighted by Crippen LogP contribution is -2.45. The molecule has 3 heterocycles. The summed E-state index contributed by atoms with van der Waals surface area (Å²) in [6, 6.07) is 7.85. The molecule has 2 aromatic carbocycles. The minimum atomic E-state index is -4.58. The topological polar surface area (TPSA) is 79.9 Å². The zero-order chi connectivity index (χ0) is 28.6. The van der Waals surface area contributed by atoms with E-state index >= 15 is 0 Å². The van der Waals surface area contributed by atoms with Crippen molar-refractivity contribution in [1.29, 1.82) is 0 Å². The Morgan fingerprint density at radius 1 is 0.975 bits per heavy atom. The molecule has 3 aromatic rings. The highest BCUT2D eigenvalue weighted by Gasteiger charge is 2.35. The number of hydrogen-bond acceptors (Lipinski definition) is 8. The largest absolute Gasteiger partial charge is 0.416 e. The maximum atomic E-state index is 14.0. The number of benzene rings is 2. The summed E-state index contributed by atoms with van der Waals surface area (Å²) in [4.78, 5) is 25.5. The van der Waals surface area contributed by atoms with E-state index in [1.54, 1.807) is 35.6 Å². The molecule has 1 fully saturated rings. The second-order valence-electron chi connectivity index (χ2n) is 10.1. The first-order valence-electron chi connectivity index (χ1n) is 12.8. The van der Waals surface area contributed by atoms with Crippen LogP contribution in [0.3, 0.4) is 0 Å². The highest BCUT2D eigenvalue weighted by atomic mass is 19.4. The summed E-state index contributed by atoms with van der Waals surface area (Å²) in [5.41, 5.74) is 6.73. The number of nitrogens with zero attached hydrogens (tertiary/aromatic N) is 6. The van der Waals surface area contributed by atoms with Crippen LogP contribution in [-0.2, 0) is 6.18 Å². The SMILES string of the molecule is Cc1ccc(NC(=O)c2cc(N3CCN(C)CC3)c(C)c(C(F)(F)F)c2)cc1N1C=C(c2cncnc2)N(C)N1. The standard InChI is InChI=1S/C28H31F3N8O/c1-18-5-6-22(13-24(18)39-16-26(37(4)35-39)21-14-32-17-33-15-21)34-27(40)20-11-23(28(29,30)31)19(2)25(12-20)38-9-7-36(3)8-10-38/h5-6,11-17,35H,7-10H2,1-4H3,(H,34,40). The van der Waals surface area contributed by atoms with Gasteiger partial charge in [-0.05, 0) is 56.3 Å². The van der Waals surface area contributed by atoms with Crippen LogP contribution in [0, 0.1) is 13.8 Å². The first-order chi connectivity index (χ1) is 19.0. The number of piperazine rings is 1. The lowest BCUT2D eigenvalue weighted by molar-refractivity contribution is -0.138. The van der Waals surface area contributed by atoms with Crippen LogP contribution in [0.2, 0.25) is 0 Å². The van der Waals surface area contributed by atoms with Gasteiger partial charge in [0.15, 0.2) is 0 Å². The average molecular weight is 553 g/mol. The monoisotopic (exact) mass is 552 g/mol. The number of rotatable bonds is 5. The number of carbonyl (C=O) groups excluding carboxylic acids is 1. The quantitative estimate of drug-likeness (QED) is 0.486. The fourth-order valence-corrected chi connectivity index (χ4v) is 4.93. The van der Waals surface area contributed by atoms with Gasteiger partial charge in [-0.25, -0.2) is 9.97 Å². The van der Waals surface area contributed by atoms with Gasteiger partial charge in [-0.1, -0.05) is 6.07 Å². The molecule has 12 heteroatoms. The summed E-state index contributed by atoms with van der Waals surface area (Å²) in [5.74, 6) is -0.611. The van der Waals surface area contributed by atoms with Crippen molar-refractivity contribution in [3.05, 3.63) is 83.1 Å². The molecule has 0 unspecified atom stereocenters. The lowest BCUT2D eigenvalue weighted by Gasteiger charge is -2.35. The second kappa shape index (κ2) is 10.8. The Kier molecular flexibility index (Phi) is 7.39. The molecule has 1 saturated heterocycles. The summed E-state index contributed by atoms with van der Waals surface area (Å²) >= 11 is 0. The van der Waals surface area contributed by atoms with Gasteiger partial charge in [0.25, 0.3) is 5.91 Å². The summed E-state index contributed by atoms with van der Waals surface area (Å²) in [6.45, 7) is 6.03. The van der Waals surface area contributed by atoms with Crippen molar-refractivity contribution >= 4 is 28.7 Å². The van der Waals surface area contributed by atoms with E-state index in [9.17, 15) is 18.0 Å². The zero-order valence-corrected chi connectivity index (χ0v) is 22.8. The van der Waals surface area contributed by atoms with Crippen molar-refractivity contribution < 1.29 is 18.0 Å². The first kappa shape index (κ1) is 27.4. The Morgan fingerprint density at radius 3 is 2.35 bits per heavy atom. The molecule has 5 rings (SSSR count). The molecule has 2 aliphatic rings. The summed E-state index contributed by atoms with van der Waals surface area (Å²) in [6.07, 6.45) is 2.17. The van der Waals surface area contributed by atoms with Crippen LogP contribution < -0.4 is 20.8 Å². The fourth-order valence-electron chi connectivity index (χ4n) is 4.93. The van der Waals surface area contributed by atoms with E-state index in [1.165, 1.54) is 13.3 Å². The Labute approximate surface area is 230 Å². The number of hydrogen-bond donors (Lipinski definition) is 2. The Balaban J connectivity index is 1.43. The second-order valence-corrected chi connectivity index (χ2v) is 10.1. The van der Waals surface area contributed by atoms with Crippen molar-refractivity contribution in [1.82, 2.24) is 25.4 Å². The van der Waals surface area contributed by atoms with E-state index in [1.807, 2.05) is 43.2 Å². The molecule has 0 saturated carbocycles. The molecule has 0 bridgehead atoms. The smallest absolute Gasteiger partial charge is 0.369 e. The van der Waals surface area contributed by atoms with Gasteiger partial charge in [0.2, 0.25) is 0 Å². The Morgan fingerprint density at radius 2 is 1.68 bits per heavy atom. The molecule has 0 spiro atoms. The van der Waals surface area contributed by atoms with Gasteiger partial charge < -0.3 is 15.1 Å². The molecule has 9 nitrogen and oxygen atoms in total. The highest BCUT2D eigenvalue weighted by molar-refractivity contribution is 6.05. The molecular weight excluding hydrogens is 521 g/mol. The molecular formula is C28H31F3N8O. The minimum Gasteiger partial charge on any atom is -0.369 e. The van der Waals surface area contributed by atoms with E-state index in [-0.39, 0.29) is 11.1 Å². The number of carbonyl (C=O) groups is 1. The number of amides is 1. The third-order valence-electron chi connectivity index (χ3n) is 7.25. The van der Waals surface area contributed by atoms with Gasteiger partial charge in [-0.15, -0.1) is 5.53 Å². The Bertz CT molecular complexity index is 1440. The van der Waals surface area contributed by atoms with Crippen LogP contribution >= 0.6 is 0 Å². The van der Waals surface area contributed by atoms with Crippen molar-refractivity contribution in [2.75, 3.05) is 55.5 Å². The molecule has 1 amide bonds. The number of nitrogens with one attached hydrogen (secondary N) is 2. The van der Waals surface area contributed by atoms with Gasteiger partial charge in [-0.3, -0.25) is 14.8 Å². The normalized spacial score (nSPS) is 16.4. The Hall–Kier alpha value is -4.16. The molecule has 0 radical (unpaired) electrons. The number of anilines is 3. The predicted octanol–water partition coefficient (Wildman–Crippen LogP) is 4.29. The average Bonchev–Trinajstić information content (AvgIpc) is 3.31. The predicted molar refractivity (Wildman–Crippen MR) is 148 cm³/mol. The van der Waals surface area contributed by atoms with E-state index in [0.717, 1.165) is 41.7 Å². The molecule has 210 valence electrons. The van der Waals surface area contributed by atoms with Gasteiger partial charge >= 0.3 is 6.18 Å². The summed E-state index contributed by atoms with van der Waals surface area (Å²) < 4.78 is 42.0. The van der Waals surface area contributed by atoms with Crippen molar-refractivity contribution in [3.8, 4) is 0 Å². The van der Waals surface area contributed by atoms with Gasteiger partial charge in [0.1, 0.15) is 6.33 Å². The van der Waals surface area contributed by atoms with Crippen molar-refractivity contribution in [3.63, 3.8) is 0 Å². The van der Waals surface area contributed by atoms with Crippen molar-refractivity contribution in [2.24, 2.45) is 0 Å². The number of halogens is 3. The highest BCUT2D eigenvalue weighted by Crippen LogP contribution is 2.38. The van der Waals surface area contributed by atoms with Crippen LogP contribution in [0.1, 0.15) is 32.6 Å². The number of hydrazine groups is 2. The number of aromatic nitrogens is 2. The maximum Gasteiger partial charge on any atom is 0.416 e. The van der Waals surface area contributed by atoms with E-state index in [2.05, 4.69) is 25.7 Å². The van der Waals surface area contributed by atoms with E-state index in [4.69, 9.17) is 0 Å². The third-order valence-corrected chi connectivity index (χ3v) is 7.25. The van der Waals surface area contributed by atoms with Crippen molar-refractivity contribution in [2.45, 2.75) is 20.0 Å². The van der Waals surface area contributed by atoms with Crippen LogP contribution in [-0.4, -0.2) is 66.1 Å². The number of likely N-dealkylation sites (N-methyl/N-ethyl adjacent to an activating group) is 1. The van der Waals surface area contributed by atoms with Crippen LogP contribution in [0.5, 0.6) is 0 Å². The molecule has 2 N–H and O–H groups in total. The zero-order valence-electron chi connectivity index (χ0n) is 22.8. The van der Waals surface area contributed by atoms with Crippen LogP contribution in [0.15, 0.2) is 55.3 Å². The van der Waals surface area contributed by atoms with Gasteiger partial charge in [-0.2, -0.15) is 13.2 Å². The molecule has 40 heavy (non-hydrogen) atoms. The molecule has 2 aliphatic heterocycles. The van der Waals surface area contributed by atoms with E-state index in [0.29, 0.717) is 24.5 Å². The minimum absolute atomic E-state index is 0.0423. The van der Waals surface area contributed by atoms with E-state index < -0.39 is 17.6 Å². The fraction of sp³-hybridized carbons (Fsp3) is 0.321. The molecule has 0 atom stereocenters. The molecule has 1 aromatic heterocycles. The third kappa shape index (κ3) is 5.58.